The summed E-state index contributed by atoms with van der Waals surface area (Å²) in [6, 6.07) is 8.82. The number of hydrogen-bond acceptors (Lipinski definition) is 6. The van der Waals surface area contributed by atoms with Gasteiger partial charge < -0.3 is 5.32 Å². The molecule has 0 bridgehead atoms. The van der Waals surface area contributed by atoms with Crippen molar-refractivity contribution in [1.82, 2.24) is 19.6 Å². The van der Waals surface area contributed by atoms with Crippen molar-refractivity contribution in [2.75, 3.05) is 5.32 Å². The molecule has 154 valence electrons. The minimum atomic E-state index is -0.436. The van der Waals surface area contributed by atoms with Gasteiger partial charge in [-0.05, 0) is 55.5 Å². The normalized spacial score (nSPS) is 13.8. The standard InChI is InChI=1S/C21H23N7O2/c1-2-27-17-10-14(13-4-3-5-13)6-7-15(17)21(30)16(25-27)11-20(29)24-19-9-8-18(23)28(12-22)26-19/h6-10,12-13,22-23H,2-5,11H2,1H3,(H,24,26,29). The Labute approximate surface area is 172 Å². The zero-order valence-corrected chi connectivity index (χ0v) is 16.7. The lowest BCUT2D eigenvalue weighted by Crippen LogP contribution is -2.27. The van der Waals surface area contributed by atoms with Crippen molar-refractivity contribution < 1.29 is 4.79 Å². The van der Waals surface area contributed by atoms with Gasteiger partial charge in [-0.2, -0.15) is 5.10 Å². The zero-order chi connectivity index (χ0) is 21.3. The first kappa shape index (κ1) is 19.7. The van der Waals surface area contributed by atoms with E-state index in [0.717, 1.165) is 16.5 Å². The van der Waals surface area contributed by atoms with Crippen LogP contribution in [0.5, 0.6) is 0 Å². The fourth-order valence-corrected chi connectivity index (χ4v) is 3.65. The molecule has 0 aliphatic heterocycles. The molecule has 1 fully saturated rings. The molecule has 0 saturated heterocycles. The second-order valence-corrected chi connectivity index (χ2v) is 7.40. The van der Waals surface area contributed by atoms with Gasteiger partial charge in [-0.3, -0.25) is 25.1 Å². The van der Waals surface area contributed by atoms with Crippen molar-refractivity contribution in [3.8, 4) is 0 Å². The number of amides is 1. The molecule has 0 atom stereocenters. The summed E-state index contributed by atoms with van der Waals surface area (Å²) in [6.07, 6.45) is 4.30. The van der Waals surface area contributed by atoms with Crippen LogP contribution in [0.25, 0.3) is 10.9 Å². The van der Waals surface area contributed by atoms with Crippen LogP contribution in [0.2, 0.25) is 0 Å². The molecule has 3 aromatic rings. The number of nitrogens with one attached hydrogen (secondary N) is 3. The van der Waals surface area contributed by atoms with E-state index in [9.17, 15) is 9.59 Å². The van der Waals surface area contributed by atoms with Crippen molar-refractivity contribution in [3.63, 3.8) is 0 Å². The molecule has 1 amide bonds. The average Bonchev–Trinajstić information content (AvgIpc) is 2.70. The fourth-order valence-electron chi connectivity index (χ4n) is 3.65. The third-order valence-electron chi connectivity index (χ3n) is 5.50. The van der Waals surface area contributed by atoms with E-state index in [4.69, 9.17) is 10.8 Å². The van der Waals surface area contributed by atoms with Crippen molar-refractivity contribution in [2.24, 2.45) is 0 Å². The van der Waals surface area contributed by atoms with Gasteiger partial charge in [-0.1, -0.05) is 12.5 Å². The molecule has 1 aliphatic rings. The molecule has 0 radical (unpaired) electrons. The Morgan fingerprint density at radius 3 is 2.73 bits per heavy atom. The van der Waals surface area contributed by atoms with E-state index >= 15 is 0 Å². The fraction of sp³-hybridized carbons (Fsp3) is 0.333. The van der Waals surface area contributed by atoms with E-state index in [0.29, 0.717) is 17.8 Å². The summed E-state index contributed by atoms with van der Waals surface area (Å²) in [5.74, 6) is 0.322. The summed E-state index contributed by atoms with van der Waals surface area (Å²) in [4.78, 5) is 25.5. The number of aromatic nitrogens is 4. The second-order valence-electron chi connectivity index (χ2n) is 7.40. The maximum atomic E-state index is 13.0. The molecule has 30 heavy (non-hydrogen) atoms. The monoisotopic (exact) mass is 405 g/mol. The molecule has 2 aromatic heterocycles. The van der Waals surface area contributed by atoms with Gasteiger partial charge in [0.15, 0.2) is 5.82 Å². The van der Waals surface area contributed by atoms with E-state index in [1.807, 2.05) is 19.1 Å². The maximum absolute atomic E-state index is 13.0. The first-order chi connectivity index (χ1) is 14.5. The van der Waals surface area contributed by atoms with Crippen molar-refractivity contribution >= 4 is 29.0 Å². The van der Waals surface area contributed by atoms with Gasteiger partial charge in [-0.15, -0.1) is 5.10 Å². The minimum absolute atomic E-state index is 0.0197. The molecular formula is C21H23N7O2. The average molecular weight is 405 g/mol. The third kappa shape index (κ3) is 3.66. The van der Waals surface area contributed by atoms with Crippen LogP contribution in [0.3, 0.4) is 0 Å². The molecule has 9 heteroatoms. The van der Waals surface area contributed by atoms with Crippen molar-refractivity contribution in [2.45, 2.75) is 45.1 Å². The van der Waals surface area contributed by atoms with Gasteiger partial charge in [0, 0.05) is 11.9 Å². The molecule has 1 aromatic carbocycles. The Bertz CT molecular complexity index is 1250. The van der Waals surface area contributed by atoms with Crippen LogP contribution in [-0.2, 0) is 17.8 Å². The van der Waals surface area contributed by atoms with E-state index in [2.05, 4.69) is 21.6 Å². The van der Waals surface area contributed by atoms with Gasteiger partial charge in [0.05, 0.1) is 11.9 Å². The number of carbonyl (C=O) groups excluding carboxylic acids is 1. The third-order valence-corrected chi connectivity index (χ3v) is 5.50. The molecular weight excluding hydrogens is 382 g/mol. The highest BCUT2D eigenvalue weighted by molar-refractivity contribution is 5.91. The highest BCUT2D eigenvalue weighted by Crippen LogP contribution is 2.37. The van der Waals surface area contributed by atoms with Crippen LogP contribution in [-0.4, -0.2) is 31.8 Å². The smallest absolute Gasteiger partial charge is 0.231 e. The maximum Gasteiger partial charge on any atom is 0.231 e. The number of rotatable bonds is 6. The molecule has 1 saturated carbocycles. The molecule has 3 N–H and O–H groups in total. The van der Waals surface area contributed by atoms with E-state index in [-0.39, 0.29) is 28.8 Å². The van der Waals surface area contributed by atoms with Crippen LogP contribution in [0.1, 0.15) is 43.4 Å². The predicted octanol–water partition coefficient (Wildman–Crippen LogP) is 2.00. The minimum Gasteiger partial charge on any atom is -0.309 e. The van der Waals surface area contributed by atoms with Crippen LogP contribution in [0, 0.1) is 10.8 Å². The Morgan fingerprint density at radius 2 is 2.07 bits per heavy atom. The number of aryl methyl sites for hydroxylation is 1. The molecule has 9 nitrogen and oxygen atoms in total. The van der Waals surface area contributed by atoms with Crippen LogP contribution < -0.4 is 16.2 Å². The highest BCUT2D eigenvalue weighted by Gasteiger charge is 2.21. The molecule has 4 rings (SSSR count). The Balaban J connectivity index is 1.63. The van der Waals surface area contributed by atoms with Gasteiger partial charge in [0.2, 0.25) is 11.3 Å². The van der Waals surface area contributed by atoms with Crippen molar-refractivity contribution in [3.05, 3.63) is 57.3 Å². The number of benzene rings is 1. The van der Waals surface area contributed by atoms with E-state index in [1.165, 1.54) is 37.0 Å². The van der Waals surface area contributed by atoms with Gasteiger partial charge in [-0.25, -0.2) is 4.68 Å². The Morgan fingerprint density at radius 1 is 1.27 bits per heavy atom. The summed E-state index contributed by atoms with van der Waals surface area (Å²) in [5, 5.41) is 26.4. The summed E-state index contributed by atoms with van der Waals surface area (Å²) in [7, 11) is 0. The van der Waals surface area contributed by atoms with Crippen molar-refractivity contribution in [1.29, 1.82) is 10.8 Å². The Hall–Kier alpha value is -3.62. The second kappa shape index (κ2) is 8.02. The SMILES string of the molecule is CCn1nc(CC(=O)Nc2ccc(=N)n(C=N)n2)c(=O)c2ccc(C3CCC3)cc21. The van der Waals surface area contributed by atoms with Gasteiger partial charge >= 0.3 is 0 Å². The summed E-state index contributed by atoms with van der Waals surface area (Å²) < 4.78 is 2.80. The van der Waals surface area contributed by atoms with E-state index in [1.54, 1.807) is 4.68 Å². The molecule has 2 heterocycles. The lowest BCUT2D eigenvalue weighted by atomic mass is 9.80. The number of nitrogens with zero attached hydrogens (tertiary/aromatic N) is 4. The first-order valence-electron chi connectivity index (χ1n) is 9.98. The lowest BCUT2D eigenvalue weighted by Gasteiger charge is -2.26. The topological polar surface area (TPSA) is 130 Å². The van der Waals surface area contributed by atoms with Crippen LogP contribution in [0.15, 0.2) is 35.1 Å². The zero-order valence-electron chi connectivity index (χ0n) is 16.7. The molecule has 0 unspecified atom stereocenters. The largest absolute Gasteiger partial charge is 0.309 e. The summed E-state index contributed by atoms with van der Waals surface area (Å²) >= 11 is 0. The van der Waals surface area contributed by atoms with Crippen LogP contribution >= 0.6 is 0 Å². The van der Waals surface area contributed by atoms with E-state index < -0.39 is 5.91 Å². The van der Waals surface area contributed by atoms with Gasteiger partial charge in [0.1, 0.15) is 17.5 Å². The number of fused-ring (bicyclic) bond motifs is 1. The Kier molecular flexibility index (Phi) is 5.26. The summed E-state index contributed by atoms with van der Waals surface area (Å²) in [5.41, 5.74) is 2.00. The molecule has 1 aliphatic carbocycles. The molecule has 0 spiro atoms. The number of carbonyl (C=O) groups is 1. The highest BCUT2D eigenvalue weighted by atomic mass is 16.2. The van der Waals surface area contributed by atoms with Gasteiger partial charge in [0.25, 0.3) is 0 Å². The lowest BCUT2D eigenvalue weighted by molar-refractivity contribution is -0.115. The first-order valence-corrected chi connectivity index (χ1v) is 9.98. The predicted molar refractivity (Wildman–Crippen MR) is 113 cm³/mol. The number of hydrogen-bond donors (Lipinski definition) is 3. The quantitative estimate of drug-likeness (QED) is 0.428. The van der Waals surface area contributed by atoms with Crippen LogP contribution in [0.4, 0.5) is 5.82 Å². The summed E-state index contributed by atoms with van der Waals surface area (Å²) in [6.45, 7) is 2.55. The number of anilines is 1.